The van der Waals surface area contributed by atoms with E-state index >= 15 is 0 Å². The van der Waals surface area contributed by atoms with Crippen molar-refractivity contribution in [3.63, 3.8) is 0 Å². The first-order valence-electron chi connectivity index (χ1n) is 10.3. The highest BCUT2D eigenvalue weighted by Crippen LogP contribution is 2.38. The number of sulfonamides is 1. The van der Waals surface area contributed by atoms with Gasteiger partial charge in [-0.3, -0.25) is 4.79 Å². The number of nitrogens with zero attached hydrogens (tertiary/aromatic N) is 2. The monoisotopic (exact) mass is 479 g/mol. The van der Waals surface area contributed by atoms with Crippen LogP contribution < -0.4 is 10.2 Å². The summed E-state index contributed by atoms with van der Waals surface area (Å²) in [5, 5.41) is 3.77. The molecule has 1 amide bonds. The van der Waals surface area contributed by atoms with Crippen molar-refractivity contribution in [3.05, 3.63) is 57.6 Å². The number of benzene rings is 2. The first kappa shape index (κ1) is 22.1. The van der Waals surface area contributed by atoms with Crippen molar-refractivity contribution in [2.75, 3.05) is 11.4 Å². The van der Waals surface area contributed by atoms with Crippen LogP contribution in [0.5, 0.6) is 0 Å². The van der Waals surface area contributed by atoms with Crippen molar-refractivity contribution >= 4 is 50.7 Å². The van der Waals surface area contributed by atoms with E-state index in [4.69, 9.17) is 23.2 Å². The Morgan fingerprint density at radius 2 is 1.90 bits per heavy atom. The number of halogens is 2. The fourth-order valence-corrected chi connectivity index (χ4v) is 5.66. The molecule has 4 rings (SSSR count). The third kappa shape index (κ3) is 4.45. The Kier molecular flexibility index (Phi) is 6.28. The molecule has 0 radical (unpaired) electrons. The summed E-state index contributed by atoms with van der Waals surface area (Å²) in [6, 6.07) is 9.90. The molecule has 164 valence electrons. The first-order valence-corrected chi connectivity index (χ1v) is 12.5. The van der Waals surface area contributed by atoms with Crippen molar-refractivity contribution in [3.8, 4) is 0 Å². The molecule has 1 saturated heterocycles. The molecule has 6 nitrogen and oxygen atoms in total. The van der Waals surface area contributed by atoms with E-state index in [0.717, 1.165) is 24.8 Å². The lowest BCUT2D eigenvalue weighted by Gasteiger charge is -2.30. The summed E-state index contributed by atoms with van der Waals surface area (Å²) in [7, 11) is -3.90. The number of hydrogen-bond acceptors (Lipinski definition) is 4. The van der Waals surface area contributed by atoms with Gasteiger partial charge in [0.25, 0.3) is 15.9 Å². The molecule has 0 spiro atoms. The normalized spacial score (nSPS) is 18.3. The molecule has 2 aliphatic heterocycles. The van der Waals surface area contributed by atoms with Gasteiger partial charge in [-0.05, 0) is 49.1 Å². The zero-order chi connectivity index (χ0) is 22.2. The van der Waals surface area contributed by atoms with Crippen LogP contribution in [0, 0.1) is 0 Å². The average molecular weight is 480 g/mol. The Bertz CT molecular complexity index is 1150. The second-order valence-electron chi connectivity index (χ2n) is 7.73. The lowest BCUT2D eigenvalue weighted by Crippen LogP contribution is -2.36. The van der Waals surface area contributed by atoms with Crippen LogP contribution in [0.1, 0.15) is 61.0 Å². The van der Waals surface area contributed by atoms with Crippen LogP contribution >= 0.6 is 23.2 Å². The molecule has 31 heavy (non-hydrogen) atoms. The molecule has 9 heteroatoms. The van der Waals surface area contributed by atoms with Crippen LogP contribution in [-0.4, -0.2) is 26.7 Å². The van der Waals surface area contributed by atoms with Gasteiger partial charge in [0.2, 0.25) is 0 Å². The molecule has 1 fully saturated rings. The molecule has 1 N–H and O–H groups in total. The third-order valence-corrected chi connectivity index (χ3v) is 7.57. The van der Waals surface area contributed by atoms with Gasteiger partial charge >= 0.3 is 0 Å². The minimum atomic E-state index is -3.90. The molecular formula is C22H23Cl2N3O3S. The molecule has 0 aromatic heterocycles. The number of nitrogens with one attached hydrogen (secondary N) is 1. The summed E-state index contributed by atoms with van der Waals surface area (Å²) in [6.45, 7) is 2.63. The maximum absolute atomic E-state index is 13.0. The molecule has 2 aromatic carbocycles. The topological polar surface area (TPSA) is 78.8 Å². The van der Waals surface area contributed by atoms with E-state index in [-0.39, 0.29) is 21.5 Å². The largest absolute Gasteiger partial charge is 0.345 e. The first-order chi connectivity index (χ1) is 14.8. The SMILES string of the molecule is CCC(NC(=O)c1cc2c(cc1Cl)N1CCCCCC1=NS2(=O)=O)c1ccc(Cl)cc1. The number of amidine groups is 1. The van der Waals surface area contributed by atoms with E-state index in [1.807, 2.05) is 24.0 Å². The predicted octanol–water partition coefficient (Wildman–Crippen LogP) is 5.36. The molecule has 0 saturated carbocycles. The van der Waals surface area contributed by atoms with Gasteiger partial charge in [0.1, 0.15) is 10.7 Å². The Hall–Kier alpha value is -2.09. The van der Waals surface area contributed by atoms with Gasteiger partial charge < -0.3 is 10.2 Å². The number of carbonyl (C=O) groups excluding carboxylic acids is 1. The maximum atomic E-state index is 13.0. The van der Waals surface area contributed by atoms with Crippen LogP contribution in [0.25, 0.3) is 0 Å². The van der Waals surface area contributed by atoms with Crippen molar-refractivity contribution in [2.24, 2.45) is 4.40 Å². The van der Waals surface area contributed by atoms with Crippen LogP contribution in [0.3, 0.4) is 0 Å². The Morgan fingerprint density at radius 3 is 2.61 bits per heavy atom. The van der Waals surface area contributed by atoms with Gasteiger partial charge in [-0.1, -0.05) is 48.7 Å². The minimum absolute atomic E-state index is 0.0206. The number of carbonyl (C=O) groups is 1. The van der Waals surface area contributed by atoms with Crippen molar-refractivity contribution < 1.29 is 13.2 Å². The zero-order valence-corrected chi connectivity index (χ0v) is 19.4. The van der Waals surface area contributed by atoms with Crippen LogP contribution in [0.2, 0.25) is 10.0 Å². The predicted molar refractivity (Wildman–Crippen MR) is 124 cm³/mol. The molecule has 0 aliphatic carbocycles. The van der Waals surface area contributed by atoms with Crippen molar-refractivity contribution in [2.45, 2.75) is 50.0 Å². The smallest absolute Gasteiger partial charge is 0.286 e. The summed E-state index contributed by atoms with van der Waals surface area (Å²) < 4.78 is 29.7. The minimum Gasteiger partial charge on any atom is -0.345 e. The molecule has 2 heterocycles. The highest BCUT2D eigenvalue weighted by molar-refractivity contribution is 7.90. The van der Waals surface area contributed by atoms with E-state index < -0.39 is 15.9 Å². The molecule has 1 unspecified atom stereocenters. The van der Waals surface area contributed by atoms with Crippen LogP contribution in [0.4, 0.5) is 5.69 Å². The molecule has 0 bridgehead atoms. The number of rotatable bonds is 4. The number of hydrogen-bond donors (Lipinski definition) is 1. The lowest BCUT2D eigenvalue weighted by atomic mass is 10.0. The van der Waals surface area contributed by atoms with Crippen LogP contribution in [0.15, 0.2) is 45.7 Å². The van der Waals surface area contributed by atoms with Gasteiger partial charge in [-0.25, -0.2) is 0 Å². The number of fused-ring (bicyclic) bond motifs is 3. The van der Waals surface area contributed by atoms with Gasteiger partial charge in [-0.2, -0.15) is 8.42 Å². The summed E-state index contributed by atoms with van der Waals surface area (Å²) in [5.41, 5.74) is 1.52. The van der Waals surface area contributed by atoms with Gasteiger partial charge in [0.05, 0.1) is 22.3 Å². The summed E-state index contributed by atoms with van der Waals surface area (Å²) in [4.78, 5) is 15.0. The van der Waals surface area contributed by atoms with Gasteiger partial charge in [-0.15, -0.1) is 4.40 Å². The Morgan fingerprint density at radius 1 is 1.16 bits per heavy atom. The van der Waals surface area contributed by atoms with Crippen molar-refractivity contribution in [1.82, 2.24) is 5.32 Å². The molecule has 1 atom stereocenters. The highest BCUT2D eigenvalue weighted by atomic mass is 35.5. The third-order valence-electron chi connectivity index (χ3n) is 5.67. The summed E-state index contributed by atoms with van der Waals surface area (Å²) in [5.74, 6) is 0.113. The summed E-state index contributed by atoms with van der Waals surface area (Å²) in [6.07, 6.45) is 4.12. The number of anilines is 1. The van der Waals surface area contributed by atoms with E-state index in [9.17, 15) is 13.2 Å². The van der Waals surface area contributed by atoms with Crippen molar-refractivity contribution in [1.29, 1.82) is 0 Å². The lowest BCUT2D eigenvalue weighted by molar-refractivity contribution is 0.0935. The number of amides is 1. The second kappa shape index (κ2) is 8.81. The Labute approximate surface area is 192 Å². The molecule has 2 aromatic rings. The summed E-state index contributed by atoms with van der Waals surface area (Å²) >= 11 is 12.4. The Balaban J connectivity index is 1.68. The fourth-order valence-electron chi connectivity index (χ4n) is 4.02. The fraction of sp³-hybridized carbons (Fsp3) is 0.364. The van der Waals surface area contributed by atoms with E-state index in [0.29, 0.717) is 35.9 Å². The van der Waals surface area contributed by atoms with E-state index in [1.165, 1.54) is 6.07 Å². The molecular weight excluding hydrogens is 457 g/mol. The van der Waals surface area contributed by atoms with Crippen LogP contribution in [-0.2, 0) is 10.0 Å². The highest BCUT2D eigenvalue weighted by Gasteiger charge is 2.33. The average Bonchev–Trinajstić information content (AvgIpc) is 2.97. The standard InChI is InChI=1S/C22H23Cl2N3O3S/c1-2-18(14-7-9-15(23)10-8-14)25-22(28)16-12-20-19(13-17(16)24)27-11-5-3-4-6-21(27)26-31(20,29)30/h7-10,12-13,18H,2-6,11H2,1H3,(H,25,28). The second-order valence-corrected chi connectivity index (χ2v) is 10.1. The van der Waals surface area contributed by atoms with Gasteiger partial charge in [0.15, 0.2) is 0 Å². The quantitative estimate of drug-likeness (QED) is 0.640. The maximum Gasteiger partial charge on any atom is 0.286 e. The zero-order valence-electron chi connectivity index (χ0n) is 17.1. The van der Waals surface area contributed by atoms with E-state index in [1.54, 1.807) is 18.2 Å². The molecule has 2 aliphatic rings. The van der Waals surface area contributed by atoms with Gasteiger partial charge in [0, 0.05) is 18.0 Å². The van der Waals surface area contributed by atoms with E-state index in [2.05, 4.69) is 9.71 Å².